The van der Waals surface area contributed by atoms with Crippen LogP contribution >= 0.6 is 11.8 Å². The summed E-state index contributed by atoms with van der Waals surface area (Å²) in [5, 5.41) is 8.77. The Balaban J connectivity index is 2.09. The Morgan fingerprint density at radius 2 is 2.28 bits per heavy atom. The minimum absolute atomic E-state index is 0.290. The maximum atomic E-state index is 7.48. The first kappa shape index (κ1) is 19.4. The van der Waals surface area contributed by atoms with Crippen molar-refractivity contribution in [3.05, 3.63) is 59.0 Å². The molecule has 1 heterocycles. The molecule has 2 rings (SSSR count). The number of hydrogen-bond acceptors (Lipinski definition) is 4. The zero-order chi connectivity index (χ0) is 18.4. The molecular weight excluding hydrogens is 326 g/mol. The lowest BCUT2D eigenvalue weighted by molar-refractivity contribution is 1.06. The summed E-state index contributed by atoms with van der Waals surface area (Å²) < 4.78 is 0. The fourth-order valence-electron chi connectivity index (χ4n) is 2.95. The van der Waals surface area contributed by atoms with Gasteiger partial charge in [0, 0.05) is 47.0 Å². The molecule has 0 spiro atoms. The molecule has 0 saturated heterocycles. The number of allylic oxidation sites excluding steroid dienone is 8. The number of nitrogens with one attached hydrogen (secondary N) is 1. The van der Waals surface area contributed by atoms with Crippen LogP contribution in [0, 0.1) is 5.41 Å². The topological polar surface area (TPSA) is 48.6 Å². The molecule has 132 valence electrons. The molecule has 1 N–H and O–H groups in total. The molecule has 0 aromatic heterocycles. The van der Waals surface area contributed by atoms with Gasteiger partial charge in [0.05, 0.1) is 5.04 Å². The summed E-state index contributed by atoms with van der Waals surface area (Å²) in [7, 11) is 0. The van der Waals surface area contributed by atoms with E-state index in [0.29, 0.717) is 5.25 Å². The minimum Gasteiger partial charge on any atom is -0.308 e. The maximum absolute atomic E-state index is 7.48. The Labute approximate surface area is 155 Å². The zero-order valence-corrected chi connectivity index (χ0v) is 16.4. The van der Waals surface area contributed by atoms with Crippen molar-refractivity contribution in [1.29, 1.82) is 5.41 Å². The molecule has 0 bridgehead atoms. The highest BCUT2D eigenvalue weighted by Gasteiger charge is 2.22. The Morgan fingerprint density at radius 1 is 1.52 bits per heavy atom. The van der Waals surface area contributed by atoms with Gasteiger partial charge in [-0.15, -0.1) is 11.8 Å². The molecule has 4 heteroatoms. The third-order valence-corrected chi connectivity index (χ3v) is 5.33. The zero-order valence-electron chi connectivity index (χ0n) is 15.6. The second-order valence-corrected chi connectivity index (χ2v) is 7.78. The molecule has 0 radical (unpaired) electrons. The van der Waals surface area contributed by atoms with Crippen molar-refractivity contribution in [2.45, 2.75) is 52.2 Å². The van der Waals surface area contributed by atoms with Gasteiger partial charge in [0.15, 0.2) is 0 Å². The lowest BCUT2D eigenvalue weighted by atomic mass is 10.1. The van der Waals surface area contributed by atoms with E-state index >= 15 is 0 Å². The van der Waals surface area contributed by atoms with Crippen LogP contribution in [0.3, 0.4) is 0 Å². The van der Waals surface area contributed by atoms with Crippen molar-refractivity contribution in [3.63, 3.8) is 0 Å². The number of nitrogens with zero attached hydrogens (tertiary/aromatic N) is 2. The van der Waals surface area contributed by atoms with Crippen LogP contribution < -0.4 is 0 Å². The van der Waals surface area contributed by atoms with E-state index in [9.17, 15) is 0 Å². The smallest absolute Gasteiger partial charge is 0.0710 e. The fraction of sp³-hybridized carbons (Fsp3) is 0.381. The van der Waals surface area contributed by atoms with Gasteiger partial charge in [-0.05, 0) is 32.8 Å². The second-order valence-electron chi connectivity index (χ2n) is 6.24. The van der Waals surface area contributed by atoms with Gasteiger partial charge in [-0.25, -0.2) is 0 Å². The summed E-state index contributed by atoms with van der Waals surface area (Å²) in [6.45, 7) is 12.2. The Hall–Kier alpha value is -1.94. The van der Waals surface area contributed by atoms with Crippen molar-refractivity contribution in [2.24, 2.45) is 9.98 Å². The molecule has 3 nitrogen and oxygen atoms in total. The molecule has 1 aliphatic carbocycles. The Kier molecular flexibility index (Phi) is 6.94. The summed E-state index contributed by atoms with van der Waals surface area (Å²) >= 11 is 1.74. The molecule has 0 amide bonds. The first-order valence-corrected chi connectivity index (χ1v) is 9.58. The van der Waals surface area contributed by atoms with Gasteiger partial charge in [0.2, 0.25) is 0 Å². The third-order valence-electron chi connectivity index (χ3n) is 4.27. The van der Waals surface area contributed by atoms with E-state index in [1.165, 1.54) is 28.8 Å². The van der Waals surface area contributed by atoms with Gasteiger partial charge in [-0.3, -0.25) is 9.98 Å². The number of aliphatic imine (C=N–C) groups is 2. The van der Waals surface area contributed by atoms with Crippen LogP contribution in [0.25, 0.3) is 0 Å². The van der Waals surface area contributed by atoms with E-state index in [1.54, 1.807) is 17.8 Å². The molecule has 1 atom stereocenters. The van der Waals surface area contributed by atoms with Crippen LogP contribution in [0.1, 0.15) is 47.0 Å². The monoisotopic (exact) mass is 353 g/mol. The minimum atomic E-state index is 0.290. The highest BCUT2D eigenvalue weighted by Crippen LogP contribution is 2.31. The van der Waals surface area contributed by atoms with Crippen molar-refractivity contribution >= 4 is 28.7 Å². The van der Waals surface area contributed by atoms with Crippen LogP contribution in [0.4, 0.5) is 0 Å². The maximum Gasteiger partial charge on any atom is 0.0710 e. The van der Waals surface area contributed by atoms with Crippen molar-refractivity contribution < 1.29 is 0 Å². The predicted octanol–water partition coefficient (Wildman–Crippen LogP) is 6.03. The average molecular weight is 354 g/mol. The summed E-state index contributed by atoms with van der Waals surface area (Å²) in [5.74, 6) is 0. The Morgan fingerprint density at radius 3 is 2.92 bits per heavy atom. The molecule has 2 aliphatic rings. The van der Waals surface area contributed by atoms with Gasteiger partial charge in [-0.2, -0.15) is 0 Å². The molecule has 0 aromatic rings. The summed E-state index contributed by atoms with van der Waals surface area (Å²) in [6.07, 6.45) is 12.3. The predicted molar refractivity (Wildman–Crippen MR) is 113 cm³/mol. The van der Waals surface area contributed by atoms with Crippen molar-refractivity contribution in [1.82, 2.24) is 0 Å². The van der Waals surface area contributed by atoms with E-state index in [-0.39, 0.29) is 0 Å². The molecule has 25 heavy (non-hydrogen) atoms. The van der Waals surface area contributed by atoms with Crippen LogP contribution in [0.2, 0.25) is 0 Å². The van der Waals surface area contributed by atoms with E-state index < -0.39 is 0 Å². The molecule has 0 saturated carbocycles. The number of hydrogen-bond donors (Lipinski definition) is 1. The van der Waals surface area contributed by atoms with Gasteiger partial charge < -0.3 is 5.41 Å². The molecular formula is C21H27N3S. The highest BCUT2D eigenvalue weighted by atomic mass is 32.2. The van der Waals surface area contributed by atoms with Crippen molar-refractivity contribution in [2.75, 3.05) is 0 Å². The lowest BCUT2D eigenvalue weighted by Crippen LogP contribution is -2.13. The first-order chi connectivity index (χ1) is 12.0. The molecule has 0 fully saturated rings. The normalized spacial score (nSPS) is 19.6. The Bertz CT molecular complexity index is 735. The quantitative estimate of drug-likeness (QED) is 0.354. The van der Waals surface area contributed by atoms with Gasteiger partial charge >= 0.3 is 0 Å². The van der Waals surface area contributed by atoms with Crippen LogP contribution in [-0.4, -0.2) is 22.2 Å². The van der Waals surface area contributed by atoms with E-state index in [1.807, 2.05) is 6.92 Å². The standard InChI is InChI=1S/C21H27N3S/c1-6-17(13-22)19(7-2)23-16(5)25-15(4)21-12-18-11-14(3)9-8-10-20(18)24-21/h6,8-9,11,13,15,22H,1,7,10,12H2,2-5H3/b19-17-,22-13?,23-16?. The van der Waals surface area contributed by atoms with Crippen molar-refractivity contribution in [3.8, 4) is 0 Å². The van der Waals surface area contributed by atoms with Gasteiger partial charge in [0.1, 0.15) is 0 Å². The van der Waals surface area contributed by atoms with E-state index in [4.69, 9.17) is 15.4 Å². The van der Waals surface area contributed by atoms with E-state index in [2.05, 4.69) is 45.6 Å². The van der Waals surface area contributed by atoms with E-state index in [0.717, 1.165) is 35.6 Å². The lowest BCUT2D eigenvalue weighted by Gasteiger charge is -2.12. The summed E-state index contributed by atoms with van der Waals surface area (Å²) in [6, 6.07) is 0. The van der Waals surface area contributed by atoms with Crippen LogP contribution in [0.5, 0.6) is 0 Å². The number of rotatable bonds is 6. The number of thioether (sulfide) groups is 1. The SMILES string of the molecule is C=C/C(C=N)=C(\CC)N=C(C)SC(C)C1=NC2=C(C=C(C)C=CC2)C1. The largest absolute Gasteiger partial charge is 0.308 e. The third kappa shape index (κ3) is 5.02. The van der Waals surface area contributed by atoms with Gasteiger partial charge in [0.25, 0.3) is 0 Å². The highest BCUT2D eigenvalue weighted by molar-refractivity contribution is 8.15. The first-order valence-electron chi connectivity index (χ1n) is 8.70. The second kappa shape index (κ2) is 8.95. The van der Waals surface area contributed by atoms with Gasteiger partial charge in [-0.1, -0.05) is 43.4 Å². The summed E-state index contributed by atoms with van der Waals surface area (Å²) in [5.41, 5.74) is 6.77. The van der Waals surface area contributed by atoms with Crippen LogP contribution in [-0.2, 0) is 0 Å². The summed E-state index contributed by atoms with van der Waals surface area (Å²) in [4.78, 5) is 9.60. The molecule has 1 aliphatic heterocycles. The molecule has 0 aromatic carbocycles. The fourth-order valence-corrected chi connectivity index (χ4v) is 3.90. The molecule has 1 unspecified atom stereocenters. The average Bonchev–Trinajstić information content (AvgIpc) is 2.89. The van der Waals surface area contributed by atoms with Crippen LogP contribution in [0.15, 0.2) is 69.0 Å².